The number of rotatable bonds is 6. The average Bonchev–Trinajstić information content (AvgIpc) is 3.19. The molecule has 0 radical (unpaired) electrons. The van der Waals surface area contributed by atoms with Gasteiger partial charge in [-0.3, -0.25) is 4.99 Å². The predicted octanol–water partition coefficient (Wildman–Crippen LogP) is 3.35. The Morgan fingerprint density at radius 1 is 1.30 bits per heavy atom. The first-order valence-electron chi connectivity index (χ1n) is 8.79. The van der Waals surface area contributed by atoms with Gasteiger partial charge in [-0.15, -0.1) is 35.3 Å². The van der Waals surface area contributed by atoms with Crippen LogP contribution in [0.2, 0.25) is 0 Å². The second-order valence-corrected chi connectivity index (χ2v) is 8.17. The van der Waals surface area contributed by atoms with Gasteiger partial charge in [0.1, 0.15) is 10.1 Å². The van der Waals surface area contributed by atoms with E-state index in [9.17, 15) is 5.11 Å². The number of aromatic hydroxyl groups is 1. The molecule has 0 saturated carbocycles. The summed E-state index contributed by atoms with van der Waals surface area (Å²) in [7, 11) is 1.84. The summed E-state index contributed by atoms with van der Waals surface area (Å²) < 4.78 is 1.13. The minimum Gasteiger partial charge on any atom is -0.506 e. The fraction of sp³-hybridized carbons (Fsp3) is 0.444. The molecule has 9 heteroatoms. The summed E-state index contributed by atoms with van der Waals surface area (Å²) in [6, 6.07) is 7.53. The second kappa shape index (κ2) is 11.6. The molecule has 27 heavy (non-hydrogen) atoms. The third-order valence-electron chi connectivity index (χ3n) is 4.25. The number of phenols is 1. The van der Waals surface area contributed by atoms with Crippen LogP contribution in [0.5, 0.6) is 5.75 Å². The van der Waals surface area contributed by atoms with Gasteiger partial charge in [0, 0.05) is 57.1 Å². The van der Waals surface area contributed by atoms with Crippen LogP contribution in [-0.4, -0.2) is 66.5 Å². The monoisotopic (exact) mass is 519 g/mol. The quantitative estimate of drug-likeness (QED) is 0.201. The van der Waals surface area contributed by atoms with Crippen LogP contribution in [0.15, 0.2) is 45.2 Å². The number of aliphatic imine (C=N–C) groups is 1. The van der Waals surface area contributed by atoms with E-state index < -0.39 is 0 Å². The smallest absolute Gasteiger partial charge is 0.193 e. The maximum absolute atomic E-state index is 10.0. The number of thioether (sulfide) groups is 1. The Morgan fingerprint density at radius 2 is 2.07 bits per heavy atom. The van der Waals surface area contributed by atoms with E-state index in [1.807, 2.05) is 36.8 Å². The Kier molecular flexibility index (Phi) is 9.49. The molecule has 2 aromatic rings. The summed E-state index contributed by atoms with van der Waals surface area (Å²) in [5, 5.41) is 15.5. The number of thiazole rings is 1. The number of guanidine groups is 1. The third kappa shape index (κ3) is 6.42. The van der Waals surface area contributed by atoms with E-state index in [4.69, 9.17) is 0 Å². The molecule has 0 amide bonds. The number of halogens is 1. The standard InChI is InChI=1S/C18H25N5OS2.HI/c1-19-17(20-7-4-13-25-18-21-8-14-26-18)23-11-9-22(10-12-23)15-5-2-3-6-16(15)24;/h2-3,5-6,8,14,24H,4,7,9-13H2,1H3,(H,19,20);1H. The SMILES string of the molecule is CN=C(NCCCSc1nccs1)N1CCN(c2ccccc2O)CC1.I. The van der Waals surface area contributed by atoms with Crippen molar-refractivity contribution in [3.05, 3.63) is 35.8 Å². The Balaban J connectivity index is 0.00000261. The van der Waals surface area contributed by atoms with Gasteiger partial charge in [0.2, 0.25) is 0 Å². The third-order valence-corrected chi connectivity index (χ3v) is 6.31. The summed E-state index contributed by atoms with van der Waals surface area (Å²) in [6.45, 7) is 4.44. The molecule has 0 bridgehead atoms. The summed E-state index contributed by atoms with van der Waals surface area (Å²) in [6.07, 6.45) is 2.92. The summed E-state index contributed by atoms with van der Waals surface area (Å²) >= 11 is 3.50. The number of aromatic nitrogens is 1. The van der Waals surface area contributed by atoms with Crippen LogP contribution in [0, 0.1) is 0 Å². The maximum Gasteiger partial charge on any atom is 0.193 e. The topological polar surface area (TPSA) is 64.0 Å². The Bertz CT molecular complexity index is 706. The molecular formula is C18H26IN5OS2. The van der Waals surface area contributed by atoms with Gasteiger partial charge in [-0.25, -0.2) is 4.98 Å². The average molecular weight is 519 g/mol. The van der Waals surface area contributed by atoms with Crippen molar-refractivity contribution in [2.75, 3.05) is 50.4 Å². The minimum atomic E-state index is 0. The first-order chi connectivity index (χ1) is 12.8. The van der Waals surface area contributed by atoms with Crippen molar-refractivity contribution in [3.63, 3.8) is 0 Å². The molecule has 2 N–H and O–H groups in total. The highest BCUT2D eigenvalue weighted by Crippen LogP contribution is 2.27. The second-order valence-electron chi connectivity index (χ2n) is 5.94. The molecule has 0 spiro atoms. The number of nitrogens with one attached hydrogen (secondary N) is 1. The highest BCUT2D eigenvalue weighted by Gasteiger charge is 2.21. The van der Waals surface area contributed by atoms with E-state index in [-0.39, 0.29) is 24.0 Å². The van der Waals surface area contributed by atoms with Gasteiger partial charge in [0.05, 0.1) is 5.69 Å². The van der Waals surface area contributed by atoms with Gasteiger partial charge < -0.3 is 20.2 Å². The zero-order chi connectivity index (χ0) is 18.2. The van der Waals surface area contributed by atoms with E-state index in [2.05, 4.69) is 25.1 Å². The van der Waals surface area contributed by atoms with Crippen LogP contribution in [0.3, 0.4) is 0 Å². The lowest BCUT2D eigenvalue weighted by molar-refractivity contribution is 0.370. The van der Waals surface area contributed by atoms with Gasteiger partial charge in [-0.2, -0.15) is 0 Å². The Labute approximate surface area is 186 Å². The molecule has 2 heterocycles. The van der Waals surface area contributed by atoms with E-state index in [1.165, 1.54) is 0 Å². The van der Waals surface area contributed by atoms with Crippen LogP contribution in [-0.2, 0) is 0 Å². The molecule has 1 fully saturated rings. The molecule has 148 valence electrons. The molecule has 3 rings (SSSR count). The fourth-order valence-corrected chi connectivity index (χ4v) is 4.58. The number of hydrogen-bond acceptors (Lipinski definition) is 6. The first-order valence-corrected chi connectivity index (χ1v) is 10.7. The lowest BCUT2D eigenvalue weighted by atomic mass is 10.2. The van der Waals surface area contributed by atoms with Gasteiger partial charge in [-0.05, 0) is 18.6 Å². The van der Waals surface area contributed by atoms with E-state index >= 15 is 0 Å². The van der Waals surface area contributed by atoms with Gasteiger partial charge in [0.15, 0.2) is 5.96 Å². The number of nitrogens with zero attached hydrogens (tertiary/aromatic N) is 4. The molecule has 1 aromatic carbocycles. The Hall–Kier alpha value is -1.20. The van der Waals surface area contributed by atoms with E-state index in [0.717, 1.165) is 60.9 Å². The van der Waals surface area contributed by atoms with Crippen molar-refractivity contribution < 1.29 is 5.11 Å². The predicted molar refractivity (Wildman–Crippen MR) is 126 cm³/mol. The van der Waals surface area contributed by atoms with Crippen molar-refractivity contribution in [1.29, 1.82) is 0 Å². The van der Waals surface area contributed by atoms with E-state index in [0.29, 0.717) is 5.75 Å². The van der Waals surface area contributed by atoms with Gasteiger partial charge in [-0.1, -0.05) is 23.9 Å². The van der Waals surface area contributed by atoms with Crippen LogP contribution in [0.4, 0.5) is 5.69 Å². The molecule has 6 nitrogen and oxygen atoms in total. The molecule has 1 aromatic heterocycles. The first kappa shape index (κ1) is 22.1. The number of phenolic OH excluding ortho intramolecular Hbond substituents is 1. The highest BCUT2D eigenvalue weighted by atomic mass is 127. The summed E-state index contributed by atoms with van der Waals surface area (Å²) in [4.78, 5) is 13.2. The number of benzene rings is 1. The lowest BCUT2D eigenvalue weighted by Gasteiger charge is -2.37. The number of piperazine rings is 1. The number of hydrogen-bond donors (Lipinski definition) is 2. The molecule has 0 atom stereocenters. The zero-order valence-electron chi connectivity index (χ0n) is 15.4. The highest BCUT2D eigenvalue weighted by molar-refractivity contribution is 14.0. The molecule has 1 saturated heterocycles. The number of para-hydroxylation sites is 2. The Morgan fingerprint density at radius 3 is 2.74 bits per heavy atom. The van der Waals surface area contributed by atoms with Gasteiger partial charge >= 0.3 is 0 Å². The normalized spacial score (nSPS) is 14.8. The molecular weight excluding hydrogens is 493 g/mol. The van der Waals surface area contributed by atoms with Crippen LogP contribution < -0.4 is 10.2 Å². The fourth-order valence-electron chi connectivity index (χ4n) is 2.94. The van der Waals surface area contributed by atoms with Crippen LogP contribution in [0.1, 0.15) is 6.42 Å². The van der Waals surface area contributed by atoms with Crippen molar-refractivity contribution >= 4 is 58.7 Å². The molecule has 0 unspecified atom stereocenters. The van der Waals surface area contributed by atoms with Crippen molar-refractivity contribution in [2.24, 2.45) is 4.99 Å². The molecule has 0 aliphatic carbocycles. The van der Waals surface area contributed by atoms with Gasteiger partial charge in [0.25, 0.3) is 0 Å². The van der Waals surface area contributed by atoms with Crippen LogP contribution in [0.25, 0.3) is 0 Å². The summed E-state index contributed by atoms with van der Waals surface area (Å²) in [5.74, 6) is 2.36. The van der Waals surface area contributed by atoms with E-state index in [1.54, 1.807) is 29.2 Å². The zero-order valence-corrected chi connectivity index (χ0v) is 19.3. The largest absolute Gasteiger partial charge is 0.506 e. The lowest BCUT2D eigenvalue weighted by Crippen LogP contribution is -2.52. The minimum absolute atomic E-state index is 0. The van der Waals surface area contributed by atoms with Crippen molar-refractivity contribution in [1.82, 2.24) is 15.2 Å². The van der Waals surface area contributed by atoms with Crippen molar-refractivity contribution in [3.8, 4) is 5.75 Å². The van der Waals surface area contributed by atoms with Crippen molar-refractivity contribution in [2.45, 2.75) is 10.8 Å². The summed E-state index contributed by atoms with van der Waals surface area (Å²) in [5.41, 5.74) is 0.911. The maximum atomic E-state index is 10.0. The van der Waals surface area contributed by atoms with Crippen LogP contribution >= 0.6 is 47.1 Å². The molecule has 1 aliphatic rings. The molecule has 1 aliphatic heterocycles. The number of anilines is 1.